The molecule has 0 fully saturated rings. The minimum absolute atomic E-state index is 0.0161. The summed E-state index contributed by atoms with van der Waals surface area (Å²) < 4.78 is 0. The molecule has 0 spiro atoms. The summed E-state index contributed by atoms with van der Waals surface area (Å²) in [6.45, 7) is 6.65. The Kier molecular flexibility index (Phi) is 4.62. The topological polar surface area (TPSA) is 80.0 Å². The highest BCUT2D eigenvalue weighted by molar-refractivity contribution is 5.98. The summed E-state index contributed by atoms with van der Waals surface area (Å²) in [5.41, 5.74) is 8.17. The van der Waals surface area contributed by atoms with Crippen LogP contribution in [0, 0.1) is 5.92 Å². The fourth-order valence-corrected chi connectivity index (χ4v) is 2.08. The SMILES string of the molecule is CC(C)CNC(=O)C(C)Nc1ccnc2c(N)cccc12. The van der Waals surface area contributed by atoms with Gasteiger partial charge in [-0.15, -0.1) is 0 Å². The highest BCUT2D eigenvalue weighted by atomic mass is 16.2. The van der Waals surface area contributed by atoms with Crippen LogP contribution in [0.3, 0.4) is 0 Å². The molecule has 2 rings (SSSR count). The van der Waals surface area contributed by atoms with Crippen LogP contribution in [0.4, 0.5) is 11.4 Å². The molecule has 0 bridgehead atoms. The van der Waals surface area contributed by atoms with Gasteiger partial charge in [-0.05, 0) is 25.0 Å². The Morgan fingerprint density at radius 2 is 2.05 bits per heavy atom. The first-order chi connectivity index (χ1) is 9.99. The van der Waals surface area contributed by atoms with Crippen molar-refractivity contribution in [2.45, 2.75) is 26.8 Å². The van der Waals surface area contributed by atoms with Gasteiger partial charge in [-0.1, -0.05) is 26.0 Å². The summed E-state index contributed by atoms with van der Waals surface area (Å²) in [5, 5.41) is 7.07. The molecule has 1 unspecified atom stereocenters. The molecule has 21 heavy (non-hydrogen) atoms. The van der Waals surface area contributed by atoms with E-state index >= 15 is 0 Å². The van der Waals surface area contributed by atoms with Crippen LogP contribution in [-0.2, 0) is 4.79 Å². The predicted octanol–water partition coefficient (Wildman–Crippen LogP) is 2.39. The Morgan fingerprint density at radius 1 is 1.29 bits per heavy atom. The number of para-hydroxylation sites is 1. The number of pyridine rings is 1. The van der Waals surface area contributed by atoms with Crippen LogP contribution in [0.25, 0.3) is 10.9 Å². The normalized spacial score (nSPS) is 12.4. The van der Waals surface area contributed by atoms with Crippen molar-refractivity contribution in [2.24, 2.45) is 5.92 Å². The second kappa shape index (κ2) is 6.43. The number of amides is 1. The Morgan fingerprint density at radius 3 is 2.76 bits per heavy atom. The molecular weight excluding hydrogens is 264 g/mol. The van der Waals surface area contributed by atoms with Crippen molar-refractivity contribution in [1.82, 2.24) is 10.3 Å². The third kappa shape index (κ3) is 3.62. The standard InChI is InChI=1S/C16H22N4O/c1-10(2)9-19-16(21)11(3)20-14-7-8-18-15-12(14)5-4-6-13(15)17/h4-8,10-11H,9,17H2,1-3H3,(H,18,20)(H,19,21). The molecule has 1 aromatic heterocycles. The van der Waals surface area contributed by atoms with Gasteiger partial charge in [0.2, 0.25) is 5.91 Å². The van der Waals surface area contributed by atoms with Gasteiger partial charge in [0.1, 0.15) is 6.04 Å². The predicted molar refractivity (Wildman–Crippen MR) is 87.1 cm³/mol. The summed E-state index contributed by atoms with van der Waals surface area (Å²) in [7, 11) is 0. The van der Waals surface area contributed by atoms with Gasteiger partial charge in [0, 0.05) is 23.8 Å². The smallest absolute Gasteiger partial charge is 0.242 e. The monoisotopic (exact) mass is 286 g/mol. The molecule has 4 N–H and O–H groups in total. The number of rotatable bonds is 5. The molecule has 0 radical (unpaired) electrons. The number of hydrogen-bond acceptors (Lipinski definition) is 4. The van der Waals surface area contributed by atoms with E-state index in [1.165, 1.54) is 0 Å². The highest BCUT2D eigenvalue weighted by Crippen LogP contribution is 2.25. The number of nitrogens with two attached hydrogens (primary N) is 1. The molecule has 1 heterocycles. The molecule has 5 heteroatoms. The number of nitrogens with one attached hydrogen (secondary N) is 2. The molecule has 0 aliphatic rings. The summed E-state index contributed by atoms with van der Waals surface area (Å²) >= 11 is 0. The average molecular weight is 286 g/mol. The van der Waals surface area contributed by atoms with Crippen LogP contribution in [0.1, 0.15) is 20.8 Å². The van der Waals surface area contributed by atoms with E-state index in [0.29, 0.717) is 18.2 Å². The van der Waals surface area contributed by atoms with E-state index in [0.717, 1.165) is 16.6 Å². The Bertz CT molecular complexity index is 639. The van der Waals surface area contributed by atoms with Gasteiger partial charge in [0.05, 0.1) is 11.2 Å². The first kappa shape index (κ1) is 15.1. The van der Waals surface area contributed by atoms with Crippen LogP contribution >= 0.6 is 0 Å². The van der Waals surface area contributed by atoms with E-state index in [9.17, 15) is 4.79 Å². The summed E-state index contributed by atoms with van der Waals surface area (Å²) in [6.07, 6.45) is 1.69. The van der Waals surface area contributed by atoms with Crippen LogP contribution in [-0.4, -0.2) is 23.5 Å². The molecule has 1 amide bonds. The molecule has 0 saturated heterocycles. The fraction of sp³-hybridized carbons (Fsp3) is 0.375. The minimum atomic E-state index is -0.323. The van der Waals surface area contributed by atoms with E-state index in [4.69, 9.17) is 5.73 Å². The van der Waals surface area contributed by atoms with Gasteiger partial charge in [0.15, 0.2) is 0 Å². The van der Waals surface area contributed by atoms with Gasteiger partial charge in [-0.3, -0.25) is 9.78 Å². The van der Waals surface area contributed by atoms with Gasteiger partial charge < -0.3 is 16.4 Å². The quantitative estimate of drug-likeness (QED) is 0.737. The van der Waals surface area contributed by atoms with Crippen molar-refractivity contribution >= 4 is 28.2 Å². The van der Waals surface area contributed by atoms with Gasteiger partial charge in [0.25, 0.3) is 0 Å². The molecule has 0 saturated carbocycles. The third-order valence-electron chi connectivity index (χ3n) is 3.25. The minimum Gasteiger partial charge on any atom is -0.397 e. The van der Waals surface area contributed by atoms with Gasteiger partial charge in [-0.25, -0.2) is 0 Å². The van der Waals surface area contributed by atoms with Crippen LogP contribution in [0.2, 0.25) is 0 Å². The van der Waals surface area contributed by atoms with Crippen molar-refractivity contribution in [2.75, 3.05) is 17.6 Å². The first-order valence-electron chi connectivity index (χ1n) is 7.16. The number of hydrogen-bond donors (Lipinski definition) is 3. The number of carbonyl (C=O) groups excluding carboxylic acids is 1. The lowest BCUT2D eigenvalue weighted by molar-refractivity contribution is -0.121. The molecule has 0 aliphatic carbocycles. The van der Waals surface area contributed by atoms with Crippen molar-refractivity contribution in [3.63, 3.8) is 0 Å². The van der Waals surface area contributed by atoms with Crippen molar-refractivity contribution in [3.05, 3.63) is 30.5 Å². The molecule has 112 valence electrons. The summed E-state index contributed by atoms with van der Waals surface area (Å²) in [5.74, 6) is 0.417. The van der Waals surface area contributed by atoms with E-state index in [1.54, 1.807) is 6.20 Å². The van der Waals surface area contributed by atoms with E-state index in [-0.39, 0.29) is 11.9 Å². The van der Waals surface area contributed by atoms with Crippen molar-refractivity contribution in [3.8, 4) is 0 Å². The van der Waals surface area contributed by atoms with Crippen LogP contribution in [0.15, 0.2) is 30.5 Å². The third-order valence-corrected chi connectivity index (χ3v) is 3.25. The molecule has 0 aliphatic heterocycles. The number of anilines is 2. The molecule has 1 atom stereocenters. The second-order valence-corrected chi connectivity index (χ2v) is 5.61. The van der Waals surface area contributed by atoms with E-state index in [1.807, 2.05) is 31.2 Å². The number of nitrogen functional groups attached to an aromatic ring is 1. The largest absolute Gasteiger partial charge is 0.397 e. The van der Waals surface area contributed by atoms with Crippen molar-refractivity contribution in [1.29, 1.82) is 0 Å². The molecular formula is C16H22N4O. The van der Waals surface area contributed by atoms with Gasteiger partial charge >= 0.3 is 0 Å². The summed E-state index contributed by atoms with van der Waals surface area (Å²) in [6, 6.07) is 7.18. The summed E-state index contributed by atoms with van der Waals surface area (Å²) in [4.78, 5) is 16.3. The Hall–Kier alpha value is -2.30. The zero-order valence-electron chi connectivity index (χ0n) is 12.7. The number of nitrogens with zero attached hydrogens (tertiary/aromatic N) is 1. The maximum absolute atomic E-state index is 12.0. The van der Waals surface area contributed by atoms with Gasteiger partial charge in [-0.2, -0.15) is 0 Å². The number of aromatic nitrogens is 1. The highest BCUT2D eigenvalue weighted by Gasteiger charge is 2.14. The Balaban J connectivity index is 2.16. The Labute approximate surface area is 124 Å². The first-order valence-corrected chi connectivity index (χ1v) is 7.16. The second-order valence-electron chi connectivity index (χ2n) is 5.61. The number of carbonyl (C=O) groups is 1. The maximum Gasteiger partial charge on any atom is 0.242 e. The number of benzene rings is 1. The van der Waals surface area contributed by atoms with E-state index in [2.05, 4.69) is 29.5 Å². The van der Waals surface area contributed by atoms with Crippen LogP contribution in [0.5, 0.6) is 0 Å². The van der Waals surface area contributed by atoms with Crippen LogP contribution < -0.4 is 16.4 Å². The lowest BCUT2D eigenvalue weighted by atomic mass is 10.1. The molecule has 1 aromatic carbocycles. The van der Waals surface area contributed by atoms with Crippen molar-refractivity contribution < 1.29 is 4.79 Å². The molecule has 5 nitrogen and oxygen atoms in total. The van der Waals surface area contributed by atoms with E-state index < -0.39 is 0 Å². The lowest BCUT2D eigenvalue weighted by Crippen LogP contribution is -2.39. The zero-order chi connectivity index (χ0) is 15.4. The molecule has 2 aromatic rings. The average Bonchev–Trinajstić information content (AvgIpc) is 2.45. The lowest BCUT2D eigenvalue weighted by Gasteiger charge is -2.17. The zero-order valence-corrected chi connectivity index (χ0v) is 12.7. The number of fused-ring (bicyclic) bond motifs is 1. The fourth-order valence-electron chi connectivity index (χ4n) is 2.08. The maximum atomic E-state index is 12.0.